The molecule has 1 saturated heterocycles. The molecule has 188 valence electrons. The Morgan fingerprint density at radius 3 is 2.57 bits per heavy atom. The van der Waals surface area contributed by atoms with Crippen molar-refractivity contribution in [3.05, 3.63) is 47.5 Å². The van der Waals surface area contributed by atoms with E-state index in [1.807, 2.05) is 12.1 Å². The summed E-state index contributed by atoms with van der Waals surface area (Å²) in [5.41, 5.74) is 1.31. The molecule has 1 aliphatic rings. The third kappa shape index (κ3) is 7.14. The van der Waals surface area contributed by atoms with Gasteiger partial charge in [-0.25, -0.2) is 14.4 Å². The number of fused-ring (bicyclic) bond motifs is 1. The summed E-state index contributed by atoms with van der Waals surface area (Å²) in [6, 6.07) is 8.16. The van der Waals surface area contributed by atoms with Gasteiger partial charge in [-0.3, -0.25) is 4.90 Å². The number of nitrogens with zero attached hydrogens (tertiary/aromatic N) is 3. The van der Waals surface area contributed by atoms with Gasteiger partial charge in [-0.1, -0.05) is 11.6 Å². The van der Waals surface area contributed by atoms with Crippen molar-refractivity contribution >= 4 is 34.0 Å². The highest BCUT2D eigenvalue weighted by atomic mass is 35.5. The van der Waals surface area contributed by atoms with Crippen LogP contribution in [0, 0.1) is 5.82 Å². The SMILES string of the molecule is COCCCOc1cc2ncnc(Nc3ccc(F)c(Cl)c3)c2cc1OCCCN1CCOCC1. The lowest BCUT2D eigenvalue weighted by atomic mass is 10.2. The lowest BCUT2D eigenvalue weighted by Crippen LogP contribution is -2.37. The molecule has 2 aromatic carbocycles. The third-order valence-corrected chi connectivity index (χ3v) is 5.90. The number of halogens is 2. The number of morpholine rings is 1. The van der Waals surface area contributed by atoms with Crippen LogP contribution < -0.4 is 14.8 Å². The van der Waals surface area contributed by atoms with E-state index in [2.05, 4.69) is 20.2 Å². The van der Waals surface area contributed by atoms with Gasteiger partial charge in [0.2, 0.25) is 0 Å². The topological polar surface area (TPSA) is 78.0 Å². The van der Waals surface area contributed by atoms with Crippen molar-refractivity contribution in [2.75, 3.05) is 65.1 Å². The number of aromatic nitrogens is 2. The molecule has 0 amide bonds. The second-order valence-corrected chi connectivity index (χ2v) is 8.55. The second kappa shape index (κ2) is 12.8. The number of hydrogen-bond donors (Lipinski definition) is 1. The third-order valence-electron chi connectivity index (χ3n) is 5.61. The first-order chi connectivity index (χ1) is 17.1. The number of ether oxygens (including phenoxy) is 4. The first kappa shape index (κ1) is 25.4. The largest absolute Gasteiger partial charge is 0.490 e. The summed E-state index contributed by atoms with van der Waals surface area (Å²) < 4.78 is 36.3. The van der Waals surface area contributed by atoms with E-state index in [9.17, 15) is 4.39 Å². The van der Waals surface area contributed by atoms with E-state index in [1.54, 1.807) is 13.2 Å². The predicted octanol–water partition coefficient (Wildman–Crippen LogP) is 4.68. The molecular weight excluding hydrogens is 475 g/mol. The Labute approximate surface area is 209 Å². The van der Waals surface area contributed by atoms with Crippen LogP contribution >= 0.6 is 11.6 Å². The van der Waals surface area contributed by atoms with E-state index in [0.29, 0.717) is 48.3 Å². The molecule has 0 aliphatic carbocycles. The van der Waals surface area contributed by atoms with Gasteiger partial charge in [0.25, 0.3) is 0 Å². The summed E-state index contributed by atoms with van der Waals surface area (Å²) in [5.74, 6) is 1.32. The van der Waals surface area contributed by atoms with E-state index in [1.165, 1.54) is 18.5 Å². The number of methoxy groups -OCH3 is 1. The highest BCUT2D eigenvalue weighted by Gasteiger charge is 2.14. The molecule has 0 bridgehead atoms. The Morgan fingerprint density at radius 1 is 1.03 bits per heavy atom. The fourth-order valence-electron chi connectivity index (χ4n) is 3.78. The molecule has 2 heterocycles. The Hall–Kier alpha value is -2.72. The molecule has 1 N–H and O–H groups in total. The van der Waals surface area contributed by atoms with E-state index < -0.39 is 5.82 Å². The first-order valence-corrected chi connectivity index (χ1v) is 12.1. The highest BCUT2D eigenvalue weighted by Crippen LogP contribution is 2.35. The van der Waals surface area contributed by atoms with Gasteiger partial charge in [-0.15, -0.1) is 0 Å². The van der Waals surface area contributed by atoms with Gasteiger partial charge in [0.15, 0.2) is 11.5 Å². The van der Waals surface area contributed by atoms with Gasteiger partial charge in [0.05, 0.1) is 37.0 Å². The molecule has 8 nitrogen and oxygen atoms in total. The fraction of sp³-hybridized carbons (Fsp3) is 0.440. The maximum absolute atomic E-state index is 13.6. The van der Waals surface area contributed by atoms with Crippen LogP contribution in [-0.2, 0) is 9.47 Å². The zero-order valence-corrected chi connectivity index (χ0v) is 20.5. The van der Waals surface area contributed by atoms with Crippen molar-refractivity contribution in [1.29, 1.82) is 0 Å². The first-order valence-electron chi connectivity index (χ1n) is 11.7. The quantitative estimate of drug-likeness (QED) is 0.356. The number of nitrogens with one attached hydrogen (secondary N) is 1. The van der Waals surface area contributed by atoms with Gasteiger partial charge in [-0.2, -0.15) is 0 Å². The van der Waals surface area contributed by atoms with Crippen molar-refractivity contribution in [1.82, 2.24) is 14.9 Å². The lowest BCUT2D eigenvalue weighted by Gasteiger charge is -2.26. The average Bonchev–Trinajstić information content (AvgIpc) is 2.87. The number of hydrogen-bond acceptors (Lipinski definition) is 8. The summed E-state index contributed by atoms with van der Waals surface area (Å²) >= 11 is 5.94. The molecule has 1 aromatic heterocycles. The van der Waals surface area contributed by atoms with Crippen LogP contribution in [0.25, 0.3) is 10.9 Å². The summed E-state index contributed by atoms with van der Waals surface area (Å²) in [4.78, 5) is 11.2. The molecule has 35 heavy (non-hydrogen) atoms. The van der Waals surface area contributed by atoms with Gasteiger partial charge in [0, 0.05) is 56.9 Å². The minimum atomic E-state index is -0.479. The van der Waals surface area contributed by atoms with Crippen LogP contribution in [0.2, 0.25) is 5.02 Å². The van der Waals surface area contributed by atoms with E-state index in [4.69, 9.17) is 30.5 Å². The number of anilines is 2. The monoisotopic (exact) mass is 504 g/mol. The highest BCUT2D eigenvalue weighted by molar-refractivity contribution is 6.31. The van der Waals surface area contributed by atoms with Crippen molar-refractivity contribution in [2.24, 2.45) is 0 Å². The van der Waals surface area contributed by atoms with Crippen molar-refractivity contribution in [2.45, 2.75) is 12.8 Å². The Balaban J connectivity index is 1.52. The van der Waals surface area contributed by atoms with Crippen LogP contribution in [0.5, 0.6) is 11.5 Å². The summed E-state index contributed by atoms with van der Waals surface area (Å²) in [7, 11) is 1.67. The predicted molar refractivity (Wildman–Crippen MR) is 134 cm³/mol. The standard InChI is InChI=1S/C25H30ClFN4O4/c1-32-9-3-11-35-24-16-22-19(15-23(24)34-10-2-6-31-7-12-33-13-8-31)25(29-17-28-22)30-18-4-5-21(27)20(26)14-18/h4-5,14-17H,2-3,6-13H2,1H3,(H,28,29,30). The lowest BCUT2D eigenvalue weighted by molar-refractivity contribution is 0.0357. The molecule has 0 radical (unpaired) electrons. The maximum Gasteiger partial charge on any atom is 0.163 e. The molecule has 10 heteroatoms. The Bertz CT molecular complexity index is 1110. The van der Waals surface area contributed by atoms with Gasteiger partial charge in [0.1, 0.15) is 18.0 Å². The normalized spacial score (nSPS) is 14.3. The van der Waals surface area contributed by atoms with Crippen LogP contribution in [0.3, 0.4) is 0 Å². The smallest absolute Gasteiger partial charge is 0.163 e. The average molecular weight is 505 g/mol. The molecule has 0 unspecified atom stereocenters. The molecule has 1 fully saturated rings. The van der Waals surface area contributed by atoms with Crippen molar-refractivity contribution in [3.8, 4) is 11.5 Å². The molecule has 1 aliphatic heterocycles. The van der Waals surface area contributed by atoms with E-state index >= 15 is 0 Å². The molecule has 0 atom stereocenters. The molecule has 0 saturated carbocycles. The fourth-order valence-corrected chi connectivity index (χ4v) is 3.96. The van der Waals surface area contributed by atoms with Crippen LogP contribution in [0.15, 0.2) is 36.7 Å². The minimum Gasteiger partial charge on any atom is -0.490 e. The molecule has 3 aromatic rings. The Kier molecular flexibility index (Phi) is 9.30. The zero-order valence-electron chi connectivity index (χ0n) is 19.8. The maximum atomic E-state index is 13.6. The van der Waals surface area contributed by atoms with Gasteiger partial charge >= 0.3 is 0 Å². The Morgan fingerprint density at radius 2 is 1.80 bits per heavy atom. The minimum absolute atomic E-state index is 0.0318. The molecular formula is C25H30ClFN4O4. The van der Waals surface area contributed by atoms with Crippen LogP contribution in [-0.4, -0.2) is 74.6 Å². The van der Waals surface area contributed by atoms with Crippen LogP contribution in [0.4, 0.5) is 15.9 Å². The van der Waals surface area contributed by atoms with E-state index in [0.717, 1.165) is 51.1 Å². The van der Waals surface area contributed by atoms with Crippen molar-refractivity contribution in [3.63, 3.8) is 0 Å². The zero-order chi connectivity index (χ0) is 24.5. The van der Waals surface area contributed by atoms with Gasteiger partial charge in [-0.05, 0) is 30.7 Å². The summed E-state index contributed by atoms with van der Waals surface area (Å²) in [6.45, 7) is 6.05. The second-order valence-electron chi connectivity index (χ2n) is 8.14. The van der Waals surface area contributed by atoms with E-state index in [-0.39, 0.29) is 5.02 Å². The van der Waals surface area contributed by atoms with Crippen LogP contribution in [0.1, 0.15) is 12.8 Å². The summed E-state index contributed by atoms with van der Waals surface area (Å²) in [5, 5.41) is 3.98. The van der Waals surface area contributed by atoms with Crippen molar-refractivity contribution < 1.29 is 23.3 Å². The summed E-state index contributed by atoms with van der Waals surface area (Å²) in [6.07, 6.45) is 3.10. The molecule has 4 rings (SSSR count). The molecule has 0 spiro atoms. The number of benzene rings is 2. The van der Waals surface area contributed by atoms with Gasteiger partial charge < -0.3 is 24.3 Å². The number of rotatable bonds is 12.